The number of carbonyl (C=O) groups excluding carboxylic acids is 1. The number of urea groups is 1. The molecule has 9 heteroatoms. The van der Waals surface area contributed by atoms with E-state index in [0.717, 1.165) is 11.3 Å². The van der Waals surface area contributed by atoms with E-state index in [-0.39, 0.29) is 24.7 Å². The van der Waals surface area contributed by atoms with E-state index in [9.17, 15) is 9.59 Å². The summed E-state index contributed by atoms with van der Waals surface area (Å²) < 4.78 is 14.0. The number of carboxylic acids is 1. The summed E-state index contributed by atoms with van der Waals surface area (Å²) in [7, 11) is 0. The van der Waals surface area contributed by atoms with E-state index >= 15 is 0 Å². The lowest BCUT2D eigenvalue weighted by Crippen LogP contribution is -2.40. The first-order chi connectivity index (χ1) is 14.0. The van der Waals surface area contributed by atoms with Crippen molar-refractivity contribution in [3.8, 4) is 0 Å². The Labute approximate surface area is 174 Å². The number of benzene rings is 1. The molecule has 2 amide bonds. The second-order valence-corrected chi connectivity index (χ2v) is 7.37. The molecule has 1 saturated heterocycles. The van der Waals surface area contributed by atoms with Gasteiger partial charge in [0.05, 0.1) is 12.8 Å². The van der Waals surface area contributed by atoms with Crippen molar-refractivity contribution < 1.29 is 24.2 Å². The maximum Gasteiger partial charge on any atom is 0.345 e. The van der Waals surface area contributed by atoms with Gasteiger partial charge in [-0.15, -0.1) is 0 Å². The number of rotatable bonds is 10. The lowest BCUT2D eigenvalue weighted by Gasteiger charge is -2.32. The number of aliphatic carboxylic acids is 1. The van der Waals surface area contributed by atoms with E-state index in [2.05, 4.69) is 15.2 Å². The largest absolute Gasteiger partial charge is 0.481 e. The Morgan fingerprint density at radius 3 is 2.86 bits per heavy atom. The van der Waals surface area contributed by atoms with Crippen LogP contribution in [0.4, 0.5) is 4.79 Å². The van der Waals surface area contributed by atoms with E-state index < -0.39 is 12.0 Å². The highest BCUT2D eigenvalue weighted by Crippen LogP contribution is 2.21. The van der Waals surface area contributed by atoms with Gasteiger partial charge in [0.15, 0.2) is 6.29 Å². The van der Waals surface area contributed by atoms with Gasteiger partial charge in [-0.1, -0.05) is 30.4 Å². The first-order valence-electron chi connectivity index (χ1n) is 9.49. The normalized spacial score (nSPS) is 22.0. The first kappa shape index (κ1) is 22.9. The van der Waals surface area contributed by atoms with E-state index in [1.54, 1.807) is 6.21 Å². The Kier molecular flexibility index (Phi) is 10.3. The number of nitrogens with zero attached hydrogens (tertiary/aromatic N) is 1. The number of nitrogens with one attached hydrogen (secondary N) is 2. The van der Waals surface area contributed by atoms with Crippen molar-refractivity contribution in [2.45, 2.75) is 49.9 Å². The molecule has 1 aliphatic rings. The molecule has 0 unspecified atom stereocenters. The first-order valence-corrected chi connectivity index (χ1v) is 10.3. The smallest absolute Gasteiger partial charge is 0.345 e. The molecule has 1 aromatic carbocycles. The third-order valence-electron chi connectivity index (χ3n) is 4.12. The van der Waals surface area contributed by atoms with Crippen molar-refractivity contribution in [1.29, 1.82) is 0 Å². The molecule has 8 nitrogen and oxygen atoms in total. The Bertz CT molecular complexity index is 699. The Balaban J connectivity index is 1.74. The molecule has 1 fully saturated rings. The van der Waals surface area contributed by atoms with Crippen LogP contribution in [-0.2, 0) is 14.3 Å². The molecule has 29 heavy (non-hydrogen) atoms. The number of hydrogen-bond acceptors (Lipinski definition) is 6. The molecule has 0 saturated carbocycles. The van der Waals surface area contributed by atoms with Crippen LogP contribution in [-0.4, -0.2) is 42.3 Å². The molecule has 0 aliphatic carbocycles. The van der Waals surface area contributed by atoms with Crippen LogP contribution in [0, 0.1) is 5.92 Å². The third-order valence-corrected chi connectivity index (χ3v) is 4.91. The number of hydrazone groups is 1. The van der Waals surface area contributed by atoms with Crippen LogP contribution in [0.25, 0.3) is 0 Å². The van der Waals surface area contributed by atoms with E-state index in [0.29, 0.717) is 19.4 Å². The van der Waals surface area contributed by atoms with Gasteiger partial charge >= 0.3 is 12.0 Å². The topological polar surface area (TPSA) is 109 Å². The SMILES string of the molecule is C[C@@H]1OC[C@H](C/C=C\CCCC(=O)O)[C@H](/C=N/NC(=O)NSc2ccccc2)O1. The highest BCUT2D eigenvalue weighted by Gasteiger charge is 2.28. The molecule has 158 valence electrons. The Morgan fingerprint density at radius 1 is 1.31 bits per heavy atom. The summed E-state index contributed by atoms with van der Waals surface area (Å²) in [5, 5.41) is 12.6. The lowest BCUT2D eigenvalue weighted by molar-refractivity contribution is -0.206. The van der Waals surface area contributed by atoms with E-state index in [1.165, 1.54) is 11.9 Å². The average Bonchev–Trinajstić information content (AvgIpc) is 2.71. The summed E-state index contributed by atoms with van der Waals surface area (Å²) in [6.07, 6.45) is 7.15. The van der Waals surface area contributed by atoms with Gasteiger partial charge in [0.1, 0.15) is 6.10 Å². The van der Waals surface area contributed by atoms with Crippen LogP contribution in [0.5, 0.6) is 0 Å². The lowest BCUT2D eigenvalue weighted by atomic mass is 9.98. The van der Waals surface area contributed by atoms with Gasteiger partial charge in [-0.2, -0.15) is 5.10 Å². The molecule has 0 bridgehead atoms. The summed E-state index contributed by atoms with van der Waals surface area (Å²) in [6.45, 7) is 2.34. The van der Waals surface area contributed by atoms with Crippen molar-refractivity contribution in [1.82, 2.24) is 10.1 Å². The second-order valence-electron chi connectivity index (χ2n) is 6.49. The summed E-state index contributed by atoms with van der Waals surface area (Å²) in [5.74, 6) is -0.717. The van der Waals surface area contributed by atoms with Gasteiger partial charge in [-0.05, 0) is 50.3 Å². The summed E-state index contributed by atoms with van der Waals surface area (Å²) >= 11 is 1.20. The molecule has 3 atom stereocenters. The predicted octanol–water partition coefficient (Wildman–Crippen LogP) is 3.56. The molecule has 0 aromatic heterocycles. The molecule has 0 spiro atoms. The van der Waals surface area contributed by atoms with Crippen molar-refractivity contribution in [2.24, 2.45) is 11.0 Å². The van der Waals surface area contributed by atoms with Crippen LogP contribution in [0.15, 0.2) is 52.5 Å². The van der Waals surface area contributed by atoms with Gasteiger partial charge in [-0.25, -0.2) is 10.2 Å². The van der Waals surface area contributed by atoms with Crippen molar-refractivity contribution in [3.63, 3.8) is 0 Å². The number of amides is 2. The summed E-state index contributed by atoms with van der Waals surface area (Å²) in [6, 6.07) is 9.06. The molecular weight excluding hydrogens is 394 g/mol. The molecule has 1 aromatic rings. The maximum absolute atomic E-state index is 11.8. The zero-order valence-electron chi connectivity index (χ0n) is 16.3. The Morgan fingerprint density at radius 2 is 2.10 bits per heavy atom. The summed E-state index contributed by atoms with van der Waals surface area (Å²) in [4.78, 5) is 23.3. The van der Waals surface area contributed by atoms with Gasteiger partial charge in [0.25, 0.3) is 0 Å². The predicted molar refractivity (Wildman–Crippen MR) is 111 cm³/mol. The number of unbranched alkanes of at least 4 members (excludes halogenated alkanes) is 1. The fourth-order valence-electron chi connectivity index (χ4n) is 2.63. The molecular formula is C20H27N3O5S. The monoisotopic (exact) mass is 421 g/mol. The van der Waals surface area contributed by atoms with Crippen molar-refractivity contribution >= 4 is 30.2 Å². The minimum absolute atomic E-state index is 0.0641. The van der Waals surface area contributed by atoms with Gasteiger partial charge < -0.3 is 14.6 Å². The fraction of sp³-hybridized carbons (Fsp3) is 0.450. The fourth-order valence-corrected chi connectivity index (χ4v) is 3.18. The van der Waals surface area contributed by atoms with Crippen LogP contribution >= 0.6 is 11.9 Å². The number of allylic oxidation sites excluding steroid dienone is 2. The number of ether oxygens (including phenoxy) is 2. The van der Waals surface area contributed by atoms with Crippen LogP contribution in [0.3, 0.4) is 0 Å². The zero-order chi connectivity index (χ0) is 20.9. The highest BCUT2D eigenvalue weighted by molar-refractivity contribution is 7.98. The minimum Gasteiger partial charge on any atom is -0.481 e. The van der Waals surface area contributed by atoms with Crippen LogP contribution < -0.4 is 10.1 Å². The zero-order valence-corrected chi connectivity index (χ0v) is 17.1. The average molecular weight is 422 g/mol. The summed E-state index contributed by atoms with van der Waals surface area (Å²) in [5.41, 5.74) is 2.43. The van der Waals surface area contributed by atoms with E-state index in [1.807, 2.05) is 49.4 Å². The van der Waals surface area contributed by atoms with Gasteiger partial charge in [0.2, 0.25) is 0 Å². The molecule has 0 radical (unpaired) electrons. The van der Waals surface area contributed by atoms with Crippen LogP contribution in [0.1, 0.15) is 32.6 Å². The van der Waals surface area contributed by atoms with Gasteiger partial charge in [0, 0.05) is 17.2 Å². The molecule has 2 rings (SSSR count). The van der Waals surface area contributed by atoms with Crippen molar-refractivity contribution in [2.75, 3.05) is 6.61 Å². The van der Waals surface area contributed by atoms with Crippen molar-refractivity contribution in [3.05, 3.63) is 42.5 Å². The third kappa shape index (κ3) is 9.60. The number of hydrogen-bond donors (Lipinski definition) is 3. The highest BCUT2D eigenvalue weighted by atomic mass is 32.2. The molecule has 1 aliphatic heterocycles. The van der Waals surface area contributed by atoms with E-state index in [4.69, 9.17) is 14.6 Å². The maximum atomic E-state index is 11.8. The van der Waals surface area contributed by atoms with Gasteiger partial charge in [-0.3, -0.25) is 9.52 Å². The Hall–Kier alpha value is -2.36. The minimum atomic E-state index is -0.781. The standard InChI is InChI=1S/C20H27N3O5S/c1-15-27-14-16(9-5-2-3-8-12-19(24)25)18(28-15)13-21-22-20(26)23-29-17-10-6-4-7-11-17/h2,4-7,10-11,13,15-16,18H,3,8-9,12,14H2,1H3,(H,24,25)(H2,22,23,26)/b5-2-,21-13+/t15-,16+,18+/m1/s1. The van der Waals surface area contributed by atoms with Crippen LogP contribution in [0.2, 0.25) is 0 Å². The molecule has 3 N–H and O–H groups in total. The molecule has 1 heterocycles. The quantitative estimate of drug-likeness (QED) is 0.175. The number of carbonyl (C=O) groups is 2. The second kappa shape index (κ2) is 13.0. The number of carboxylic acid groups (broad SMARTS) is 1.